The molecule has 0 aromatic rings. The minimum atomic E-state index is -0.763. The molecule has 0 bridgehead atoms. The van der Waals surface area contributed by atoms with Gasteiger partial charge >= 0.3 is 0 Å². The average Bonchev–Trinajstić information content (AvgIpc) is 2.43. The molecule has 0 spiro atoms. The molecule has 2 amide bonds. The number of carbonyl (C=O) groups is 2. The summed E-state index contributed by atoms with van der Waals surface area (Å²) >= 11 is 0. The first kappa shape index (κ1) is 16.5. The van der Waals surface area contributed by atoms with Crippen LogP contribution in [0.3, 0.4) is 0 Å². The van der Waals surface area contributed by atoms with Crippen molar-refractivity contribution in [3.8, 4) is 0 Å². The number of rotatable bonds is 8. The standard InChI is InChI=1S/C16H26N2O2/c1-3-5-7-15(13(17)19)9-11-16(12-10-15,14(18)20)8-6-4-2/h9-12H,3-8H2,1-2H3,(H2,17,19)(H2,18,20). The van der Waals surface area contributed by atoms with Crippen LogP contribution in [0.25, 0.3) is 0 Å². The monoisotopic (exact) mass is 278 g/mol. The maximum atomic E-state index is 11.8. The van der Waals surface area contributed by atoms with E-state index in [2.05, 4.69) is 13.8 Å². The van der Waals surface area contributed by atoms with Gasteiger partial charge in [-0.2, -0.15) is 0 Å². The minimum Gasteiger partial charge on any atom is -0.369 e. The first-order chi connectivity index (χ1) is 9.42. The number of hydrogen-bond donors (Lipinski definition) is 2. The lowest BCUT2D eigenvalue weighted by Crippen LogP contribution is -2.40. The Morgan fingerprint density at radius 2 is 1.10 bits per heavy atom. The predicted molar refractivity (Wildman–Crippen MR) is 80.6 cm³/mol. The fraction of sp³-hybridized carbons (Fsp3) is 0.625. The summed E-state index contributed by atoms with van der Waals surface area (Å²) in [6.07, 6.45) is 12.3. The van der Waals surface area contributed by atoms with Crippen molar-refractivity contribution in [1.29, 1.82) is 0 Å². The highest BCUT2D eigenvalue weighted by molar-refractivity contribution is 5.89. The smallest absolute Gasteiger partial charge is 0.231 e. The van der Waals surface area contributed by atoms with Crippen LogP contribution in [0.4, 0.5) is 0 Å². The molecule has 0 atom stereocenters. The molecule has 112 valence electrons. The van der Waals surface area contributed by atoms with Crippen molar-refractivity contribution in [2.75, 3.05) is 0 Å². The van der Waals surface area contributed by atoms with Crippen molar-refractivity contribution >= 4 is 11.8 Å². The number of primary amides is 2. The second-order valence-corrected chi connectivity index (χ2v) is 5.68. The van der Waals surface area contributed by atoms with E-state index in [0.717, 1.165) is 25.7 Å². The quantitative estimate of drug-likeness (QED) is 0.668. The molecule has 4 nitrogen and oxygen atoms in total. The highest BCUT2D eigenvalue weighted by Gasteiger charge is 2.39. The van der Waals surface area contributed by atoms with Crippen LogP contribution in [0.2, 0.25) is 0 Å². The number of unbranched alkanes of at least 4 members (excludes halogenated alkanes) is 2. The van der Waals surface area contributed by atoms with E-state index >= 15 is 0 Å². The van der Waals surface area contributed by atoms with E-state index in [1.54, 1.807) is 24.3 Å². The van der Waals surface area contributed by atoms with E-state index in [1.165, 1.54) is 0 Å². The average molecular weight is 278 g/mol. The summed E-state index contributed by atoms with van der Waals surface area (Å²) in [6.45, 7) is 4.14. The van der Waals surface area contributed by atoms with Crippen molar-refractivity contribution in [1.82, 2.24) is 0 Å². The maximum absolute atomic E-state index is 11.8. The molecule has 20 heavy (non-hydrogen) atoms. The lowest BCUT2D eigenvalue weighted by atomic mass is 9.70. The lowest BCUT2D eigenvalue weighted by Gasteiger charge is -2.33. The Morgan fingerprint density at radius 1 is 0.800 bits per heavy atom. The zero-order valence-electron chi connectivity index (χ0n) is 12.5. The predicted octanol–water partition coefficient (Wildman–Crippen LogP) is 2.44. The first-order valence-corrected chi connectivity index (χ1v) is 7.43. The molecular weight excluding hydrogens is 252 g/mol. The van der Waals surface area contributed by atoms with Gasteiger partial charge in [-0.05, 0) is 12.8 Å². The summed E-state index contributed by atoms with van der Waals surface area (Å²) in [6, 6.07) is 0. The molecule has 0 fully saturated rings. The van der Waals surface area contributed by atoms with Crippen LogP contribution in [0, 0.1) is 10.8 Å². The summed E-state index contributed by atoms with van der Waals surface area (Å²) in [5, 5.41) is 0. The first-order valence-electron chi connectivity index (χ1n) is 7.43. The van der Waals surface area contributed by atoms with Gasteiger partial charge in [0.15, 0.2) is 0 Å². The number of nitrogens with two attached hydrogens (primary N) is 2. The molecule has 4 N–H and O–H groups in total. The van der Waals surface area contributed by atoms with E-state index in [1.807, 2.05) is 0 Å². The van der Waals surface area contributed by atoms with Gasteiger partial charge in [0.25, 0.3) is 0 Å². The molecule has 0 unspecified atom stereocenters. The molecule has 0 radical (unpaired) electrons. The zero-order chi connectivity index (χ0) is 15.2. The van der Waals surface area contributed by atoms with Crippen molar-refractivity contribution in [3.63, 3.8) is 0 Å². The van der Waals surface area contributed by atoms with Gasteiger partial charge in [0.1, 0.15) is 0 Å². The van der Waals surface area contributed by atoms with Crippen LogP contribution < -0.4 is 11.5 Å². The van der Waals surface area contributed by atoms with Crippen molar-refractivity contribution in [2.45, 2.75) is 52.4 Å². The van der Waals surface area contributed by atoms with Crippen LogP contribution in [-0.2, 0) is 9.59 Å². The Bertz CT molecular complexity index is 372. The van der Waals surface area contributed by atoms with Crippen LogP contribution in [-0.4, -0.2) is 11.8 Å². The molecule has 0 aliphatic heterocycles. The molecular formula is C16H26N2O2. The van der Waals surface area contributed by atoms with E-state index in [4.69, 9.17) is 11.5 Å². The van der Waals surface area contributed by atoms with E-state index in [0.29, 0.717) is 12.8 Å². The van der Waals surface area contributed by atoms with Gasteiger partial charge in [-0.1, -0.05) is 63.8 Å². The third-order valence-corrected chi connectivity index (χ3v) is 4.16. The molecule has 0 saturated carbocycles. The third kappa shape index (κ3) is 3.30. The largest absolute Gasteiger partial charge is 0.369 e. The van der Waals surface area contributed by atoms with Gasteiger partial charge in [0.05, 0.1) is 10.8 Å². The Labute approximate surface area is 121 Å². The maximum Gasteiger partial charge on any atom is 0.231 e. The van der Waals surface area contributed by atoms with Crippen LogP contribution >= 0.6 is 0 Å². The minimum absolute atomic E-state index is 0.369. The Kier molecular flexibility index (Phi) is 5.54. The zero-order valence-corrected chi connectivity index (χ0v) is 12.5. The topological polar surface area (TPSA) is 86.2 Å². The summed E-state index contributed by atoms with van der Waals surface area (Å²) in [7, 11) is 0. The Hall–Kier alpha value is -1.58. The van der Waals surface area contributed by atoms with Crippen molar-refractivity contribution in [2.24, 2.45) is 22.3 Å². The number of hydrogen-bond acceptors (Lipinski definition) is 2. The van der Waals surface area contributed by atoms with Gasteiger partial charge < -0.3 is 11.5 Å². The van der Waals surface area contributed by atoms with Crippen LogP contribution in [0.15, 0.2) is 24.3 Å². The fourth-order valence-electron chi connectivity index (χ4n) is 2.55. The summed E-state index contributed by atoms with van der Waals surface area (Å²) < 4.78 is 0. The van der Waals surface area contributed by atoms with Gasteiger partial charge in [-0.25, -0.2) is 0 Å². The summed E-state index contributed by atoms with van der Waals surface area (Å²) in [5.74, 6) is -0.737. The van der Waals surface area contributed by atoms with Gasteiger partial charge in [-0.3, -0.25) is 9.59 Å². The van der Waals surface area contributed by atoms with Crippen LogP contribution in [0.1, 0.15) is 52.4 Å². The molecule has 1 aliphatic rings. The molecule has 1 aliphatic carbocycles. The summed E-state index contributed by atoms with van der Waals surface area (Å²) in [4.78, 5) is 23.6. The molecule has 0 saturated heterocycles. The van der Waals surface area contributed by atoms with Gasteiger partial charge in [-0.15, -0.1) is 0 Å². The van der Waals surface area contributed by atoms with E-state index < -0.39 is 10.8 Å². The normalized spacial score (nSPS) is 28.5. The fourth-order valence-corrected chi connectivity index (χ4v) is 2.55. The second-order valence-electron chi connectivity index (χ2n) is 5.68. The Balaban J connectivity index is 3.01. The Morgan fingerprint density at radius 3 is 1.30 bits per heavy atom. The lowest BCUT2D eigenvalue weighted by molar-refractivity contribution is -0.125. The molecule has 0 aromatic heterocycles. The van der Waals surface area contributed by atoms with E-state index in [9.17, 15) is 9.59 Å². The van der Waals surface area contributed by atoms with Gasteiger partial charge in [0, 0.05) is 0 Å². The van der Waals surface area contributed by atoms with Crippen LogP contribution in [0.5, 0.6) is 0 Å². The molecule has 0 aromatic carbocycles. The van der Waals surface area contributed by atoms with Crippen molar-refractivity contribution < 1.29 is 9.59 Å². The molecule has 1 rings (SSSR count). The number of amides is 2. The molecule has 4 heteroatoms. The van der Waals surface area contributed by atoms with Gasteiger partial charge in [0.2, 0.25) is 11.8 Å². The van der Waals surface area contributed by atoms with Crippen molar-refractivity contribution in [3.05, 3.63) is 24.3 Å². The third-order valence-electron chi connectivity index (χ3n) is 4.16. The molecule has 0 heterocycles. The highest BCUT2D eigenvalue weighted by Crippen LogP contribution is 2.39. The highest BCUT2D eigenvalue weighted by atomic mass is 16.1. The summed E-state index contributed by atoms with van der Waals surface area (Å²) in [5.41, 5.74) is 9.57. The number of carbonyl (C=O) groups excluding carboxylic acids is 2. The van der Waals surface area contributed by atoms with E-state index in [-0.39, 0.29) is 11.8 Å². The SMILES string of the molecule is CCCCC1(C(N)=O)C=CC(CCCC)(C(N)=O)C=C1. The second kappa shape index (κ2) is 6.73.